The number of hydrogen-bond donors (Lipinski definition) is 0. The zero-order valence-electron chi connectivity index (χ0n) is 8.17. The summed E-state index contributed by atoms with van der Waals surface area (Å²) in [6, 6.07) is 3.10. The molecular weight excluding hydrogens is 320 g/mol. The van der Waals surface area contributed by atoms with Crippen molar-refractivity contribution in [2.75, 3.05) is 0 Å². The Hall–Kier alpha value is -1.01. The monoisotopic (exact) mass is 324 g/mol. The summed E-state index contributed by atoms with van der Waals surface area (Å²) in [7, 11) is 0. The third kappa shape index (κ3) is 2.63. The van der Waals surface area contributed by atoms with Crippen LogP contribution in [0.2, 0.25) is 5.02 Å². The van der Waals surface area contributed by atoms with Gasteiger partial charge >= 0.3 is 6.18 Å². The van der Waals surface area contributed by atoms with Gasteiger partial charge in [0.15, 0.2) is 0 Å². The highest BCUT2D eigenvalue weighted by atomic mass is 79.9. The molecule has 7 heteroatoms. The van der Waals surface area contributed by atoms with Crippen molar-refractivity contribution in [2.24, 2.45) is 0 Å². The molecule has 0 radical (unpaired) electrons. The molecule has 0 atom stereocenters. The van der Waals surface area contributed by atoms with E-state index in [1.807, 2.05) is 0 Å². The zero-order chi connectivity index (χ0) is 12.6. The minimum Gasteiger partial charge on any atom is -0.238 e. The summed E-state index contributed by atoms with van der Waals surface area (Å²) in [6.07, 6.45) is -1.40. The first kappa shape index (κ1) is 12.4. The normalized spacial score (nSPS) is 11.8. The molecule has 0 aliphatic rings. The van der Waals surface area contributed by atoms with Crippen LogP contribution in [0.1, 0.15) is 5.56 Å². The third-order valence-corrected chi connectivity index (χ3v) is 2.80. The van der Waals surface area contributed by atoms with Crippen molar-refractivity contribution in [3.8, 4) is 5.69 Å². The highest BCUT2D eigenvalue weighted by Gasteiger charge is 2.31. The Balaban J connectivity index is 2.54. The van der Waals surface area contributed by atoms with Gasteiger partial charge in [-0.05, 0) is 34.1 Å². The molecule has 2 rings (SSSR count). The lowest BCUT2D eigenvalue weighted by atomic mass is 10.2. The highest BCUT2D eigenvalue weighted by Crippen LogP contribution is 2.33. The van der Waals surface area contributed by atoms with Crippen LogP contribution in [0.4, 0.5) is 13.2 Å². The highest BCUT2D eigenvalue weighted by molar-refractivity contribution is 9.10. The summed E-state index contributed by atoms with van der Waals surface area (Å²) < 4.78 is 39.6. The van der Waals surface area contributed by atoms with Crippen LogP contribution in [-0.4, -0.2) is 9.78 Å². The number of hydrogen-bond acceptors (Lipinski definition) is 1. The minimum atomic E-state index is -4.40. The molecule has 90 valence electrons. The first-order chi connectivity index (χ1) is 7.88. The van der Waals surface area contributed by atoms with E-state index in [4.69, 9.17) is 11.6 Å². The fourth-order valence-corrected chi connectivity index (χ4v) is 1.79. The number of benzene rings is 1. The molecule has 2 aromatic rings. The van der Waals surface area contributed by atoms with E-state index >= 15 is 0 Å². The molecule has 0 amide bonds. The predicted octanol–water partition coefficient (Wildman–Crippen LogP) is 4.31. The second kappa shape index (κ2) is 4.34. The SMILES string of the molecule is FC(F)(F)c1ccc(Cl)c(-n2cc(Br)cn2)c1. The van der Waals surface area contributed by atoms with Crippen molar-refractivity contribution in [2.45, 2.75) is 6.18 Å². The third-order valence-electron chi connectivity index (χ3n) is 2.07. The maximum absolute atomic E-state index is 12.5. The molecule has 0 unspecified atom stereocenters. The molecule has 1 aromatic carbocycles. The lowest BCUT2D eigenvalue weighted by Crippen LogP contribution is -2.06. The van der Waals surface area contributed by atoms with Crippen LogP contribution in [0, 0.1) is 0 Å². The lowest BCUT2D eigenvalue weighted by Gasteiger charge is -2.10. The molecule has 1 aromatic heterocycles. The Labute approximate surface area is 108 Å². The van der Waals surface area contributed by atoms with Gasteiger partial charge in [-0.15, -0.1) is 0 Å². The first-order valence-corrected chi connectivity index (χ1v) is 5.62. The smallest absolute Gasteiger partial charge is 0.238 e. The van der Waals surface area contributed by atoms with Crippen molar-refractivity contribution in [3.63, 3.8) is 0 Å². The van der Waals surface area contributed by atoms with Gasteiger partial charge in [-0.25, -0.2) is 4.68 Å². The molecule has 0 aliphatic carbocycles. The molecule has 0 spiro atoms. The second-order valence-electron chi connectivity index (χ2n) is 3.27. The largest absolute Gasteiger partial charge is 0.416 e. The van der Waals surface area contributed by atoms with Crippen LogP contribution in [0.5, 0.6) is 0 Å². The number of halogens is 5. The molecule has 2 nitrogen and oxygen atoms in total. The minimum absolute atomic E-state index is 0.187. The average molecular weight is 326 g/mol. The van der Waals surface area contributed by atoms with Crippen LogP contribution >= 0.6 is 27.5 Å². The van der Waals surface area contributed by atoms with E-state index in [1.165, 1.54) is 23.1 Å². The number of alkyl halides is 3. The summed E-state index contributed by atoms with van der Waals surface area (Å²) in [5.41, 5.74) is -0.573. The summed E-state index contributed by atoms with van der Waals surface area (Å²) >= 11 is 9.01. The molecule has 1 heterocycles. The lowest BCUT2D eigenvalue weighted by molar-refractivity contribution is -0.137. The summed E-state index contributed by atoms with van der Waals surface area (Å²) in [4.78, 5) is 0. The number of rotatable bonds is 1. The summed E-state index contributed by atoms with van der Waals surface area (Å²) in [5, 5.41) is 4.09. The van der Waals surface area contributed by atoms with Gasteiger partial charge in [0.25, 0.3) is 0 Å². The van der Waals surface area contributed by atoms with Crippen molar-refractivity contribution < 1.29 is 13.2 Å². The van der Waals surface area contributed by atoms with Crippen LogP contribution in [0.25, 0.3) is 5.69 Å². The van der Waals surface area contributed by atoms with Gasteiger partial charge in [-0.2, -0.15) is 18.3 Å². The molecule has 0 aliphatic heterocycles. The number of nitrogens with zero attached hydrogens (tertiary/aromatic N) is 2. The Morgan fingerprint density at radius 1 is 1.29 bits per heavy atom. The zero-order valence-corrected chi connectivity index (χ0v) is 10.5. The van der Waals surface area contributed by atoms with Gasteiger partial charge in [-0.3, -0.25) is 0 Å². The van der Waals surface area contributed by atoms with Crippen molar-refractivity contribution in [1.29, 1.82) is 0 Å². The standard InChI is InChI=1S/C10H5BrClF3N2/c11-7-4-16-17(5-7)9-3-6(10(13,14)15)1-2-8(9)12/h1-5H. The van der Waals surface area contributed by atoms with Gasteiger partial charge in [-0.1, -0.05) is 11.6 Å². The molecule has 0 saturated carbocycles. The van der Waals surface area contributed by atoms with E-state index in [0.29, 0.717) is 4.47 Å². The Kier molecular flexibility index (Phi) is 3.18. The fraction of sp³-hybridized carbons (Fsp3) is 0.100. The van der Waals surface area contributed by atoms with E-state index in [0.717, 1.165) is 12.1 Å². The summed E-state index contributed by atoms with van der Waals surface area (Å²) in [6.45, 7) is 0. The van der Waals surface area contributed by atoms with Crippen LogP contribution in [0.15, 0.2) is 35.1 Å². The van der Waals surface area contributed by atoms with Crippen molar-refractivity contribution in [3.05, 3.63) is 45.7 Å². The van der Waals surface area contributed by atoms with Gasteiger partial charge in [0.1, 0.15) is 0 Å². The Bertz CT molecular complexity index is 551. The van der Waals surface area contributed by atoms with Crippen LogP contribution in [0.3, 0.4) is 0 Å². The topological polar surface area (TPSA) is 17.8 Å². The summed E-state index contributed by atoms with van der Waals surface area (Å²) in [5.74, 6) is 0. The van der Waals surface area contributed by atoms with E-state index in [2.05, 4.69) is 21.0 Å². The maximum atomic E-state index is 12.5. The van der Waals surface area contributed by atoms with E-state index in [-0.39, 0.29) is 10.7 Å². The Morgan fingerprint density at radius 2 is 2.00 bits per heavy atom. The van der Waals surface area contributed by atoms with Crippen LogP contribution in [-0.2, 0) is 6.18 Å². The molecular formula is C10H5BrClF3N2. The van der Waals surface area contributed by atoms with Crippen LogP contribution < -0.4 is 0 Å². The first-order valence-electron chi connectivity index (χ1n) is 4.45. The van der Waals surface area contributed by atoms with E-state index in [9.17, 15) is 13.2 Å². The molecule has 0 saturated heterocycles. The van der Waals surface area contributed by atoms with E-state index in [1.54, 1.807) is 0 Å². The quantitative estimate of drug-likeness (QED) is 0.764. The molecule has 17 heavy (non-hydrogen) atoms. The van der Waals surface area contributed by atoms with Gasteiger partial charge < -0.3 is 0 Å². The average Bonchev–Trinajstić information content (AvgIpc) is 2.63. The van der Waals surface area contributed by atoms with Gasteiger partial charge in [0.2, 0.25) is 0 Å². The number of aromatic nitrogens is 2. The van der Waals surface area contributed by atoms with Gasteiger partial charge in [0.05, 0.1) is 26.9 Å². The second-order valence-corrected chi connectivity index (χ2v) is 4.59. The van der Waals surface area contributed by atoms with E-state index < -0.39 is 11.7 Å². The molecule has 0 bridgehead atoms. The van der Waals surface area contributed by atoms with Gasteiger partial charge in [0, 0.05) is 6.20 Å². The predicted molar refractivity (Wildman–Crippen MR) is 61.3 cm³/mol. The van der Waals surface area contributed by atoms with Crippen molar-refractivity contribution >= 4 is 27.5 Å². The molecule has 0 fully saturated rings. The van der Waals surface area contributed by atoms with Crippen molar-refractivity contribution in [1.82, 2.24) is 9.78 Å². The maximum Gasteiger partial charge on any atom is 0.416 e. The molecule has 0 N–H and O–H groups in total. The fourth-order valence-electron chi connectivity index (χ4n) is 1.30. The Morgan fingerprint density at radius 3 is 2.53 bits per heavy atom.